The number of aryl methyl sites for hydroxylation is 1. The number of para-hydroxylation sites is 2. The standard InChI is InChI=1S/C21H17N3O4S/c1-12-6-7-18-23-20-14(21(26)24(18)10-12)8-17(29-20)19(25)22-9-13-11-27-15-4-2-3-5-16(15)28-13/h2-8,10,13H,9,11H2,1H3,(H,22,25). The highest BCUT2D eigenvalue weighted by atomic mass is 32.1. The van der Waals surface area contributed by atoms with E-state index in [9.17, 15) is 9.59 Å². The molecule has 1 atom stereocenters. The average molecular weight is 407 g/mol. The summed E-state index contributed by atoms with van der Waals surface area (Å²) in [5, 5.41) is 3.30. The van der Waals surface area contributed by atoms with Crippen molar-refractivity contribution in [3.05, 3.63) is 69.5 Å². The molecule has 4 heterocycles. The highest BCUT2D eigenvalue weighted by Gasteiger charge is 2.22. The lowest BCUT2D eigenvalue weighted by Gasteiger charge is -2.26. The van der Waals surface area contributed by atoms with Crippen molar-refractivity contribution in [2.45, 2.75) is 13.0 Å². The largest absolute Gasteiger partial charge is 0.486 e. The van der Waals surface area contributed by atoms with Crippen LogP contribution >= 0.6 is 11.3 Å². The van der Waals surface area contributed by atoms with Crippen LogP contribution in [-0.2, 0) is 0 Å². The molecule has 1 unspecified atom stereocenters. The van der Waals surface area contributed by atoms with Crippen LogP contribution in [0, 0.1) is 6.92 Å². The van der Waals surface area contributed by atoms with Gasteiger partial charge in [0.15, 0.2) is 11.5 Å². The lowest BCUT2D eigenvalue weighted by molar-refractivity contribution is 0.0791. The first kappa shape index (κ1) is 17.7. The molecule has 0 saturated carbocycles. The number of aromatic nitrogens is 2. The van der Waals surface area contributed by atoms with E-state index in [-0.39, 0.29) is 17.6 Å². The summed E-state index contributed by atoms with van der Waals surface area (Å²) in [6, 6.07) is 12.7. The SMILES string of the molecule is Cc1ccc2nc3sc(C(=O)NCC4COc5ccccc5O4)cc3c(=O)n2c1. The topological polar surface area (TPSA) is 81.9 Å². The minimum atomic E-state index is -0.280. The second kappa shape index (κ2) is 6.89. The Morgan fingerprint density at radius 2 is 2.10 bits per heavy atom. The van der Waals surface area contributed by atoms with Gasteiger partial charge in [0, 0.05) is 6.20 Å². The van der Waals surface area contributed by atoms with Gasteiger partial charge in [-0.15, -0.1) is 11.3 Å². The van der Waals surface area contributed by atoms with Crippen molar-refractivity contribution in [3.63, 3.8) is 0 Å². The fourth-order valence-corrected chi connectivity index (χ4v) is 4.22. The first-order valence-electron chi connectivity index (χ1n) is 9.18. The Balaban J connectivity index is 1.35. The van der Waals surface area contributed by atoms with E-state index in [2.05, 4.69) is 10.3 Å². The minimum absolute atomic E-state index is 0.176. The molecular formula is C21H17N3O4S. The fraction of sp³-hybridized carbons (Fsp3) is 0.190. The van der Waals surface area contributed by atoms with Gasteiger partial charge in [-0.2, -0.15) is 0 Å². The molecule has 0 aliphatic carbocycles. The van der Waals surface area contributed by atoms with Gasteiger partial charge in [0.05, 0.1) is 16.8 Å². The molecule has 29 heavy (non-hydrogen) atoms. The Morgan fingerprint density at radius 1 is 1.28 bits per heavy atom. The van der Waals surface area contributed by atoms with Gasteiger partial charge in [-0.25, -0.2) is 4.98 Å². The molecule has 3 aromatic heterocycles. The number of nitrogens with zero attached hydrogens (tertiary/aromatic N) is 2. The van der Waals surface area contributed by atoms with E-state index in [0.29, 0.717) is 45.4 Å². The van der Waals surface area contributed by atoms with E-state index in [0.717, 1.165) is 5.56 Å². The van der Waals surface area contributed by atoms with Crippen molar-refractivity contribution in [1.29, 1.82) is 0 Å². The molecule has 146 valence electrons. The van der Waals surface area contributed by atoms with E-state index in [4.69, 9.17) is 9.47 Å². The zero-order valence-electron chi connectivity index (χ0n) is 15.5. The maximum atomic E-state index is 12.8. The number of benzene rings is 1. The zero-order valence-corrected chi connectivity index (χ0v) is 16.4. The Kier molecular flexibility index (Phi) is 4.21. The van der Waals surface area contributed by atoms with Crippen molar-refractivity contribution in [1.82, 2.24) is 14.7 Å². The number of nitrogens with one attached hydrogen (secondary N) is 1. The molecule has 1 aromatic carbocycles. The van der Waals surface area contributed by atoms with E-state index in [1.165, 1.54) is 15.7 Å². The van der Waals surface area contributed by atoms with Crippen LogP contribution in [0.5, 0.6) is 11.5 Å². The molecule has 5 rings (SSSR count). The molecule has 1 N–H and O–H groups in total. The van der Waals surface area contributed by atoms with Gasteiger partial charge in [0.1, 0.15) is 23.2 Å². The molecular weight excluding hydrogens is 390 g/mol. The van der Waals surface area contributed by atoms with Crippen molar-refractivity contribution < 1.29 is 14.3 Å². The quantitative estimate of drug-likeness (QED) is 0.565. The molecule has 0 bridgehead atoms. The third kappa shape index (κ3) is 3.21. The smallest absolute Gasteiger partial charge is 0.266 e. The summed E-state index contributed by atoms with van der Waals surface area (Å²) < 4.78 is 13.0. The fourth-order valence-electron chi connectivity index (χ4n) is 3.27. The second-order valence-electron chi connectivity index (χ2n) is 6.89. The maximum Gasteiger partial charge on any atom is 0.266 e. The molecule has 1 aliphatic heterocycles. The lowest BCUT2D eigenvalue weighted by Crippen LogP contribution is -2.40. The predicted molar refractivity (Wildman–Crippen MR) is 110 cm³/mol. The molecule has 0 fully saturated rings. The van der Waals surface area contributed by atoms with Crippen LogP contribution in [0.1, 0.15) is 15.2 Å². The van der Waals surface area contributed by atoms with Crippen LogP contribution in [0.4, 0.5) is 0 Å². The van der Waals surface area contributed by atoms with Gasteiger partial charge < -0.3 is 14.8 Å². The Bertz CT molecular complexity index is 1310. The molecule has 0 saturated heterocycles. The van der Waals surface area contributed by atoms with Crippen molar-refractivity contribution >= 4 is 33.1 Å². The minimum Gasteiger partial charge on any atom is -0.486 e. The van der Waals surface area contributed by atoms with E-state index in [1.807, 2.05) is 37.3 Å². The summed E-state index contributed by atoms with van der Waals surface area (Å²) in [6.07, 6.45) is 1.47. The summed E-state index contributed by atoms with van der Waals surface area (Å²) in [5.41, 5.74) is 1.35. The zero-order chi connectivity index (χ0) is 20.0. The van der Waals surface area contributed by atoms with Gasteiger partial charge in [0.2, 0.25) is 0 Å². The van der Waals surface area contributed by atoms with Crippen molar-refractivity contribution in [2.75, 3.05) is 13.2 Å². The number of pyridine rings is 1. The number of amides is 1. The monoisotopic (exact) mass is 407 g/mol. The number of carbonyl (C=O) groups is 1. The van der Waals surface area contributed by atoms with E-state index in [1.54, 1.807) is 18.3 Å². The molecule has 0 spiro atoms. The summed E-state index contributed by atoms with van der Waals surface area (Å²) in [4.78, 5) is 30.9. The van der Waals surface area contributed by atoms with Crippen molar-refractivity contribution in [2.24, 2.45) is 0 Å². The average Bonchev–Trinajstić information content (AvgIpc) is 3.17. The predicted octanol–water partition coefficient (Wildman–Crippen LogP) is 2.79. The van der Waals surface area contributed by atoms with Crippen LogP contribution in [-0.4, -0.2) is 34.5 Å². The van der Waals surface area contributed by atoms with Crippen LogP contribution < -0.4 is 20.3 Å². The van der Waals surface area contributed by atoms with Gasteiger partial charge >= 0.3 is 0 Å². The van der Waals surface area contributed by atoms with Crippen LogP contribution in [0.25, 0.3) is 15.9 Å². The van der Waals surface area contributed by atoms with E-state index >= 15 is 0 Å². The van der Waals surface area contributed by atoms with Gasteiger partial charge in [-0.05, 0) is 36.8 Å². The van der Waals surface area contributed by atoms with Crippen LogP contribution in [0.2, 0.25) is 0 Å². The normalized spacial score (nSPS) is 15.6. The molecule has 1 aliphatic rings. The Hall–Kier alpha value is -3.39. The molecule has 1 amide bonds. The number of rotatable bonds is 3. The second-order valence-corrected chi connectivity index (χ2v) is 7.92. The first-order valence-corrected chi connectivity index (χ1v) is 9.99. The van der Waals surface area contributed by atoms with E-state index < -0.39 is 0 Å². The van der Waals surface area contributed by atoms with Crippen LogP contribution in [0.3, 0.4) is 0 Å². The van der Waals surface area contributed by atoms with Gasteiger partial charge in [-0.1, -0.05) is 18.2 Å². The van der Waals surface area contributed by atoms with Gasteiger partial charge in [-0.3, -0.25) is 14.0 Å². The number of hydrogen-bond donors (Lipinski definition) is 1. The third-order valence-corrected chi connectivity index (χ3v) is 5.76. The van der Waals surface area contributed by atoms with Crippen LogP contribution in [0.15, 0.2) is 53.5 Å². The number of fused-ring (bicyclic) bond motifs is 3. The Labute approximate surface area is 169 Å². The number of hydrogen-bond acceptors (Lipinski definition) is 6. The lowest BCUT2D eigenvalue weighted by atomic mass is 10.2. The Morgan fingerprint density at radius 3 is 2.97 bits per heavy atom. The highest BCUT2D eigenvalue weighted by Crippen LogP contribution is 2.30. The first-order chi connectivity index (χ1) is 14.1. The third-order valence-electron chi connectivity index (χ3n) is 4.73. The summed E-state index contributed by atoms with van der Waals surface area (Å²) in [6.45, 7) is 2.57. The highest BCUT2D eigenvalue weighted by molar-refractivity contribution is 7.20. The summed E-state index contributed by atoms with van der Waals surface area (Å²) in [5.74, 6) is 1.10. The van der Waals surface area contributed by atoms with Gasteiger partial charge in [0.25, 0.3) is 11.5 Å². The number of thiophene rings is 1. The molecule has 7 nitrogen and oxygen atoms in total. The molecule has 8 heteroatoms. The molecule has 4 aromatic rings. The summed E-state index contributed by atoms with van der Waals surface area (Å²) in [7, 11) is 0. The molecule has 0 radical (unpaired) electrons. The summed E-state index contributed by atoms with van der Waals surface area (Å²) >= 11 is 1.21. The number of carbonyl (C=O) groups excluding carboxylic acids is 1. The maximum absolute atomic E-state index is 12.8. The number of ether oxygens (including phenoxy) is 2. The van der Waals surface area contributed by atoms with Crippen molar-refractivity contribution in [3.8, 4) is 11.5 Å².